The average molecular weight is 427 g/mol. The van der Waals surface area contributed by atoms with E-state index in [1.807, 2.05) is 25.1 Å². The van der Waals surface area contributed by atoms with Gasteiger partial charge < -0.3 is 25.3 Å². The molecule has 164 valence electrons. The van der Waals surface area contributed by atoms with Gasteiger partial charge in [0.1, 0.15) is 6.61 Å². The van der Waals surface area contributed by atoms with Crippen molar-refractivity contribution in [2.24, 2.45) is 23.5 Å². The molecule has 0 radical (unpaired) electrons. The normalized spacial score (nSPS) is 26.8. The maximum atomic E-state index is 12.9. The Labute approximate surface area is 180 Å². The summed E-state index contributed by atoms with van der Waals surface area (Å²) in [4.78, 5) is 12.9. The van der Waals surface area contributed by atoms with Crippen LogP contribution in [0, 0.1) is 17.8 Å². The van der Waals surface area contributed by atoms with Gasteiger partial charge in [-0.25, -0.2) is 0 Å². The molecule has 1 aromatic carbocycles. The number of nitrogens with two attached hydrogens (primary N) is 1. The molecule has 3 unspecified atom stereocenters. The second-order valence-electron chi connectivity index (χ2n) is 8.18. The van der Waals surface area contributed by atoms with E-state index in [9.17, 15) is 4.79 Å². The van der Waals surface area contributed by atoms with Crippen LogP contribution in [0.15, 0.2) is 18.2 Å². The Morgan fingerprint density at radius 2 is 1.86 bits per heavy atom. The molecule has 3 N–H and O–H groups in total. The second-order valence-corrected chi connectivity index (χ2v) is 8.18. The fraction of sp³-hybridized carbons (Fsp3) is 0.682. The lowest BCUT2D eigenvalue weighted by Gasteiger charge is -2.43. The fourth-order valence-corrected chi connectivity index (χ4v) is 4.73. The van der Waals surface area contributed by atoms with Crippen molar-refractivity contribution in [2.45, 2.75) is 51.1 Å². The van der Waals surface area contributed by atoms with Crippen molar-refractivity contribution in [3.05, 3.63) is 23.8 Å². The Bertz CT molecular complexity index is 658. The van der Waals surface area contributed by atoms with E-state index in [0.717, 1.165) is 18.4 Å². The molecular weight excluding hydrogens is 392 g/mol. The van der Waals surface area contributed by atoms with Gasteiger partial charge in [0, 0.05) is 19.1 Å². The summed E-state index contributed by atoms with van der Waals surface area (Å²) < 4.78 is 16.2. The number of halogens is 1. The zero-order valence-corrected chi connectivity index (χ0v) is 18.5. The number of hydrogen-bond acceptors (Lipinski definition) is 5. The lowest BCUT2D eigenvalue weighted by Crippen LogP contribution is -2.49. The van der Waals surface area contributed by atoms with Crippen LogP contribution >= 0.6 is 12.4 Å². The Morgan fingerprint density at radius 3 is 2.48 bits per heavy atom. The third-order valence-electron chi connectivity index (χ3n) is 6.38. The minimum atomic E-state index is -0.0927. The zero-order valence-electron chi connectivity index (χ0n) is 17.7. The first-order valence-corrected chi connectivity index (χ1v) is 10.4. The van der Waals surface area contributed by atoms with E-state index in [1.54, 1.807) is 14.2 Å². The molecule has 3 atom stereocenters. The molecule has 0 aromatic heterocycles. The summed E-state index contributed by atoms with van der Waals surface area (Å²) >= 11 is 0. The third-order valence-corrected chi connectivity index (χ3v) is 6.38. The summed E-state index contributed by atoms with van der Waals surface area (Å²) in [5.74, 6) is 2.57. The Kier molecular flexibility index (Phi) is 9.05. The highest BCUT2D eigenvalue weighted by Gasteiger charge is 2.40. The monoisotopic (exact) mass is 426 g/mol. The van der Waals surface area contributed by atoms with E-state index in [-0.39, 0.29) is 36.3 Å². The Hall–Kier alpha value is -1.50. The van der Waals surface area contributed by atoms with Crippen LogP contribution in [0.5, 0.6) is 11.5 Å². The molecule has 3 rings (SSSR count). The molecule has 1 amide bonds. The van der Waals surface area contributed by atoms with Crippen LogP contribution < -0.4 is 20.5 Å². The largest absolute Gasteiger partial charge is 0.493 e. The van der Waals surface area contributed by atoms with Gasteiger partial charge in [-0.15, -0.1) is 12.4 Å². The summed E-state index contributed by atoms with van der Waals surface area (Å²) in [6.07, 6.45) is 5.43. The topological polar surface area (TPSA) is 82.8 Å². The van der Waals surface area contributed by atoms with Crippen molar-refractivity contribution in [2.75, 3.05) is 27.4 Å². The lowest BCUT2D eigenvalue weighted by atomic mass is 9.65. The second kappa shape index (κ2) is 11.0. The van der Waals surface area contributed by atoms with Gasteiger partial charge in [-0.05, 0) is 62.1 Å². The Balaban J connectivity index is 0.00000300. The van der Waals surface area contributed by atoms with E-state index in [1.165, 1.54) is 19.3 Å². The predicted octanol–water partition coefficient (Wildman–Crippen LogP) is 3.47. The van der Waals surface area contributed by atoms with Crippen molar-refractivity contribution >= 4 is 18.3 Å². The smallest absolute Gasteiger partial charge is 0.223 e. The minimum Gasteiger partial charge on any atom is -0.493 e. The maximum Gasteiger partial charge on any atom is 0.223 e. The van der Waals surface area contributed by atoms with Crippen LogP contribution in [0.2, 0.25) is 0 Å². The summed E-state index contributed by atoms with van der Waals surface area (Å²) in [7, 11) is 3.26. The molecule has 2 aliphatic carbocycles. The first-order valence-electron chi connectivity index (χ1n) is 10.4. The van der Waals surface area contributed by atoms with E-state index in [2.05, 4.69) is 5.32 Å². The number of fused-ring (bicyclic) bond motifs is 2. The van der Waals surface area contributed by atoms with E-state index in [4.69, 9.17) is 19.9 Å². The molecule has 7 heteroatoms. The number of benzene rings is 1. The number of methoxy groups -OCH3 is 2. The number of amides is 1. The summed E-state index contributed by atoms with van der Waals surface area (Å²) in [5.41, 5.74) is 7.36. The predicted molar refractivity (Wildman–Crippen MR) is 116 cm³/mol. The molecule has 0 heterocycles. The quantitative estimate of drug-likeness (QED) is 0.622. The molecule has 2 saturated carbocycles. The SMILES string of the molecule is COCCOc1ccc(C(C)NC(=O)C2CC3CCCC(C2)C3N)cc1OC.Cl. The van der Waals surface area contributed by atoms with E-state index >= 15 is 0 Å². The molecule has 2 aliphatic rings. The summed E-state index contributed by atoms with van der Waals surface area (Å²) in [6.45, 7) is 2.99. The van der Waals surface area contributed by atoms with Crippen LogP contribution in [0.1, 0.15) is 50.6 Å². The van der Waals surface area contributed by atoms with Gasteiger partial charge in [-0.2, -0.15) is 0 Å². The van der Waals surface area contributed by atoms with E-state index < -0.39 is 0 Å². The van der Waals surface area contributed by atoms with Crippen molar-refractivity contribution in [1.29, 1.82) is 0 Å². The van der Waals surface area contributed by atoms with Crippen molar-refractivity contribution in [1.82, 2.24) is 5.32 Å². The van der Waals surface area contributed by atoms with Crippen LogP contribution in [-0.2, 0) is 9.53 Å². The van der Waals surface area contributed by atoms with Crippen LogP contribution in [-0.4, -0.2) is 39.4 Å². The first-order chi connectivity index (χ1) is 13.5. The highest BCUT2D eigenvalue weighted by atomic mass is 35.5. The summed E-state index contributed by atoms with van der Waals surface area (Å²) in [6, 6.07) is 5.98. The molecule has 0 saturated heterocycles. The van der Waals surface area contributed by atoms with Gasteiger partial charge in [0.2, 0.25) is 5.91 Å². The van der Waals surface area contributed by atoms with Crippen LogP contribution in [0.3, 0.4) is 0 Å². The number of ether oxygens (including phenoxy) is 3. The fourth-order valence-electron chi connectivity index (χ4n) is 4.73. The first kappa shape index (κ1) is 23.8. The highest BCUT2D eigenvalue weighted by Crippen LogP contribution is 2.42. The number of nitrogens with one attached hydrogen (secondary N) is 1. The molecule has 6 nitrogen and oxygen atoms in total. The van der Waals surface area contributed by atoms with Crippen LogP contribution in [0.4, 0.5) is 0 Å². The molecule has 29 heavy (non-hydrogen) atoms. The van der Waals surface area contributed by atoms with E-state index in [0.29, 0.717) is 36.5 Å². The average Bonchev–Trinajstić information content (AvgIpc) is 2.68. The van der Waals surface area contributed by atoms with Gasteiger partial charge in [-0.1, -0.05) is 12.5 Å². The number of hydrogen-bond donors (Lipinski definition) is 2. The molecule has 0 aliphatic heterocycles. The number of carbonyl (C=O) groups is 1. The van der Waals surface area contributed by atoms with Crippen molar-refractivity contribution < 1.29 is 19.0 Å². The molecule has 1 aromatic rings. The van der Waals surface area contributed by atoms with Gasteiger partial charge in [0.15, 0.2) is 11.5 Å². The standard InChI is InChI=1S/C22H34N2O4.ClH/c1-14(15-7-8-19(20(13-15)27-3)28-10-9-26-2)24-22(25)18-11-16-5-4-6-17(12-18)21(16)23;/h7-8,13-14,16-18,21H,4-6,9-12,23H2,1-3H3,(H,24,25);1H. The van der Waals surface area contributed by atoms with Crippen molar-refractivity contribution in [3.8, 4) is 11.5 Å². The van der Waals surface area contributed by atoms with Crippen LogP contribution in [0.25, 0.3) is 0 Å². The van der Waals surface area contributed by atoms with Gasteiger partial charge >= 0.3 is 0 Å². The third kappa shape index (κ3) is 5.77. The lowest BCUT2D eigenvalue weighted by molar-refractivity contribution is -0.128. The molecule has 0 spiro atoms. The highest BCUT2D eigenvalue weighted by molar-refractivity contribution is 5.85. The number of rotatable bonds is 8. The molecular formula is C22H35ClN2O4. The van der Waals surface area contributed by atoms with Gasteiger partial charge in [0.25, 0.3) is 0 Å². The molecule has 2 bridgehead atoms. The zero-order chi connectivity index (χ0) is 20.1. The van der Waals surface area contributed by atoms with Gasteiger partial charge in [0.05, 0.1) is 19.8 Å². The molecule has 2 fully saturated rings. The number of carbonyl (C=O) groups excluding carboxylic acids is 1. The summed E-state index contributed by atoms with van der Waals surface area (Å²) in [5, 5.41) is 3.20. The maximum absolute atomic E-state index is 12.9. The van der Waals surface area contributed by atoms with Crippen molar-refractivity contribution in [3.63, 3.8) is 0 Å². The Morgan fingerprint density at radius 1 is 1.17 bits per heavy atom. The minimum absolute atomic E-state index is 0. The van der Waals surface area contributed by atoms with Gasteiger partial charge in [-0.3, -0.25) is 4.79 Å².